The van der Waals surface area contributed by atoms with Crippen molar-refractivity contribution in [1.82, 2.24) is 0 Å². The second kappa shape index (κ2) is 7.56. The van der Waals surface area contributed by atoms with Crippen molar-refractivity contribution in [3.63, 3.8) is 0 Å². The number of aliphatic hydroxyl groups is 2. The van der Waals surface area contributed by atoms with Crippen LogP contribution < -0.4 is 0 Å². The Bertz CT molecular complexity index is 865. The molecule has 4 fully saturated rings. The third-order valence-corrected chi connectivity index (χ3v) is 10.4. The van der Waals surface area contributed by atoms with Crippen LogP contribution in [0, 0.1) is 34.0 Å². The third kappa shape index (κ3) is 3.36. The smallest absolute Gasteiger partial charge is 0.310 e. The highest BCUT2D eigenvalue weighted by molar-refractivity contribution is 5.72. The zero-order valence-corrected chi connectivity index (χ0v) is 20.0. The lowest BCUT2D eigenvalue weighted by Gasteiger charge is -2.65. The summed E-state index contributed by atoms with van der Waals surface area (Å²) in [6.07, 6.45) is 7.90. The summed E-state index contributed by atoms with van der Waals surface area (Å²) < 4.78 is 5.65. The number of hydrogen-bond acceptors (Lipinski definition) is 4. The van der Waals surface area contributed by atoms with Crippen molar-refractivity contribution < 1.29 is 19.7 Å². The van der Waals surface area contributed by atoms with Crippen LogP contribution in [0.3, 0.4) is 0 Å². The highest BCUT2D eigenvalue weighted by Gasteiger charge is 2.70. The fourth-order valence-corrected chi connectivity index (χ4v) is 9.02. The lowest BCUT2D eigenvalue weighted by molar-refractivity contribution is -0.198. The Hall–Kier alpha value is -1.39. The van der Waals surface area contributed by atoms with Crippen molar-refractivity contribution in [2.24, 2.45) is 34.0 Å². The van der Waals surface area contributed by atoms with E-state index < -0.39 is 5.60 Å². The molecule has 0 amide bonds. The Balaban J connectivity index is 1.34. The monoisotopic (exact) mass is 440 g/mol. The van der Waals surface area contributed by atoms with Crippen molar-refractivity contribution in [3.8, 4) is 0 Å². The molecule has 4 aliphatic rings. The second-order valence-electron chi connectivity index (χ2n) is 12.5. The minimum absolute atomic E-state index is 0.0517. The normalized spacial score (nSPS) is 44.4. The van der Waals surface area contributed by atoms with Gasteiger partial charge < -0.3 is 14.9 Å². The molecule has 0 aliphatic heterocycles. The molecule has 32 heavy (non-hydrogen) atoms. The zero-order chi connectivity index (χ0) is 22.8. The number of carbonyl (C=O) groups is 1. The highest BCUT2D eigenvalue weighted by Crippen LogP contribution is 2.72. The van der Waals surface area contributed by atoms with Gasteiger partial charge in [-0.1, -0.05) is 57.5 Å². The van der Waals surface area contributed by atoms with Gasteiger partial charge in [0.05, 0.1) is 12.5 Å². The number of fused-ring (bicyclic) bond motifs is 3. The second-order valence-corrected chi connectivity index (χ2v) is 12.5. The first-order valence-electron chi connectivity index (χ1n) is 12.7. The molecule has 176 valence electrons. The molecule has 1 aromatic carbocycles. The van der Waals surface area contributed by atoms with E-state index in [-0.39, 0.29) is 47.3 Å². The van der Waals surface area contributed by atoms with Gasteiger partial charge in [-0.3, -0.25) is 4.79 Å². The Labute approximate surface area is 192 Å². The SMILES string of the molecule is CC1(C)CCCC2(C)C1CC(O)C13CC(CCC21)C(O)(COC(=O)Cc1ccccc1)C3. The molecule has 0 aromatic heterocycles. The van der Waals surface area contributed by atoms with Gasteiger partial charge in [0.2, 0.25) is 0 Å². The molecule has 1 aromatic rings. The molecular weight excluding hydrogens is 400 g/mol. The largest absolute Gasteiger partial charge is 0.462 e. The van der Waals surface area contributed by atoms with E-state index in [1.807, 2.05) is 30.3 Å². The Morgan fingerprint density at radius 2 is 1.84 bits per heavy atom. The van der Waals surface area contributed by atoms with Gasteiger partial charge in [-0.05, 0) is 79.1 Å². The highest BCUT2D eigenvalue weighted by atomic mass is 16.5. The van der Waals surface area contributed by atoms with Crippen LogP contribution in [0.25, 0.3) is 0 Å². The Morgan fingerprint density at radius 1 is 1.09 bits per heavy atom. The van der Waals surface area contributed by atoms with Gasteiger partial charge in [-0.15, -0.1) is 0 Å². The van der Waals surface area contributed by atoms with E-state index in [2.05, 4.69) is 20.8 Å². The molecule has 5 rings (SSSR count). The fourth-order valence-electron chi connectivity index (χ4n) is 9.02. The quantitative estimate of drug-likeness (QED) is 0.653. The van der Waals surface area contributed by atoms with E-state index >= 15 is 0 Å². The lowest BCUT2D eigenvalue weighted by Crippen LogP contribution is -2.61. The van der Waals surface area contributed by atoms with Crippen molar-refractivity contribution in [2.75, 3.05) is 6.61 Å². The van der Waals surface area contributed by atoms with Crippen LogP contribution in [0.1, 0.15) is 77.7 Å². The van der Waals surface area contributed by atoms with Gasteiger partial charge in [-0.2, -0.15) is 0 Å². The number of carbonyl (C=O) groups excluding carboxylic acids is 1. The van der Waals surface area contributed by atoms with Crippen LogP contribution in [-0.4, -0.2) is 34.5 Å². The van der Waals surface area contributed by atoms with Gasteiger partial charge in [-0.25, -0.2) is 0 Å². The van der Waals surface area contributed by atoms with Crippen LogP contribution in [0.15, 0.2) is 30.3 Å². The van der Waals surface area contributed by atoms with Gasteiger partial charge in [0.15, 0.2) is 0 Å². The first kappa shape index (κ1) is 22.4. The molecule has 2 N–H and O–H groups in total. The number of aliphatic hydroxyl groups excluding tert-OH is 1. The maximum Gasteiger partial charge on any atom is 0.310 e. The minimum atomic E-state index is -1.02. The molecule has 4 aliphatic carbocycles. The van der Waals surface area contributed by atoms with Crippen LogP contribution in [0.5, 0.6) is 0 Å². The fraction of sp³-hybridized carbons (Fsp3) is 0.750. The van der Waals surface area contributed by atoms with Crippen LogP contribution in [0.4, 0.5) is 0 Å². The van der Waals surface area contributed by atoms with Gasteiger partial charge in [0.1, 0.15) is 12.2 Å². The molecular formula is C28H40O4. The van der Waals surface area contributed by atoms with Crippen molar-refractivity contribution in [3.05, 3.63) is 35.9 Å². The summed E-state index contributed by atoms with van der Waals surface area (Å²) in [5, 5.41) is 23.3. The average molecular weight is 441 g/mol. The topological polar surface area (TPSA) is 66.8 Å². The first-order chi connectivity index (χ1) is 15.1. The predicted octanol–water partition coefficient (Wildman–Crippen LogP) is 4.91. The minimum Gasteiger partial charge on any atom is -0.462 e. The molecule has 4 nitrogen and oxygen atoms in total. The van der Waals surface area contributed by atoms with E-state index in [0.717, 1.165) is 31.2 Å². The Kier molecular flexibility index (Phi) is 5.30. The number of ether oxygens (including phenoxy) is 1. The summed E-state index contributed by atoms with van der Waals surface area (Å²) in [7, 11) is 0. The molecule has 0 heterocycles. The van der Waals surface area contributed by atoms with Crippen LogP contribution >= 0.6 is 0 Å². The van der Waals surface area contributed by atoms with Gasteiger partial charge in [0, 0.05) is 5.41 Å². The van der Waals surface area contributed by atoms with Gasteiger partial charge in [0.25, 0.3) is 0 Å². The first-order valence-corrected chi connectivity index (χ1v) is 12.7. The Morgan fingerprint density at radius 3 is 2.59 bits per heavy atom. The maximum atomic E-state index is 12.5. The molecule has 4 saturated carbocycles. The van der Waals surface area contributed by atoms with E-state index in [0.29, 0.717) is 18.3 Å². The van der Waals surface area contributed by atoms with Gasteiger partial charge >= 0.3 is 5.97 Å². The van der Waals surface area contributed by atoms with E-state index in [4.69, 9.17) is 4.74 Å². The number of rotatable bonds is 4. The summed E-state index contributed by atoms with van der Waals surface area (Å²) in [6, 6.07) is 9.60. The number of hydrogen-bond donors (Lipinski definition) is 2. The van der Waals surface area contributed by atoms with Crippen molar-refractivity contribution >= 4 is 5.97 Å². The summed E-state index contributed by atoms with van der Waals surface area (Å²) in [5.74, 6) is 0.789. The predicted molar refractivity (Wildman–Crippen MR) is 124 cm³/mol. The van der Waals surface area contributed by atoms with Crippen molar-refractivity contribution in [2.45, 2.75) is 90.3 Å². The molecule has 7 atom stereocenters. The number of benzene rings is 1. The lowest BCUT2D eigenvalue weighted by atomic mass is 9.40. The summed E-state index contributed by atoms with van der Waals surface area (Å²) in [5.41, 5.74) is 0.155. The molecule has 2 bridgehead atoms. The molecule has 7 unspecified atom stereocenters. The third-order valence-electron chi connectivity index (χ3n) is 10.4. The van der Waals surface area contributed by atoms with E-state index in [1.54, 1.807) is 0 Å². The summed E-state index contributed by atoms with van der Waals surface area (Å²) in [4.78, 5) is 12.5. The zero-order valence-electron chi connectivity index (χ0n) is 20.0. The van der Waals surface area contributed by atoms with E-state index in [9.17, 15) is 15.0 Å². The molecule has 0 radical (unpaired) electrons. The maximum absolute atomic E-state index is 12.5. The summed E-state index contributed by atoms with van der Waals surface area (Å²) in [6.45, 7) is 7.32. The number of esters is 1. The molecule has 0 saturated heterocycles. The molecule has 4 heteroatoms. The van der Waals surface area contributed by atoms with Crippen LogP contribution in [-0.2, 0) is 16.0 Å². The molecule has 1 spiro atoms. The average Bonchev–Trinajstić information content (AvgIpc) is 2.96. The van der Waals surface area contributed by atoms with E-state index in [1.165, 1.54) is 19.3 Å². The standard InChI is InChI=1S/C28H40O4/c1-25(2)12-7-13-26(3)21-11-10-20-16-27(21,23(29)15-22(25)26)17-28(20,31)18-32-24(30)14-19-8-5-4-6-9-19/h4-6,8-9,20-23,29,31H,7,10-18H2,1-3H3. The van der Waals surface area contributed by atoms with Crippen LogP contribution in [0.2, 0.25) is 0 Å². The van der Waals surface area contributed by atoms with Crippen molar-refractivity contribution in [1.29, 1.82) is 0 Å². The summed E-state index contributed by atoms with van der Waals surface area (Å²) >= 11 is 0.